The second-order valence-corrected chi connectivity index (χ2v) is 6.21. The van der Waals surface area contributed by atoms with Crippen LogP contribution >= 0.6 is 27.7 Å². The second kappa shape index (κ2) is 5.61. The number of nitrogens with zero attached hydrogens (tertiary/aromatic N) is 1. The van der Waals surface area contributed by atoms with Crippen molar-refractivity contribution in [1.29, 1.82) is 0 Å². The van der Waals surface area contributed by atoms with Gasteiger partial charge in [-0.3, -0.25) is 4.99 Å². The van der Waals surface area contributed by atoms with E-state index in [0.29, 0.717) is 4.47 Å². The Balaban J connectivity index is 2.13. The summed E-state index contributed by atoms with van der Waals surface area (Å²) >= 11 is 4.85. The van der Waals surface area contributed by atoms with E-state index in [0.717, 1.165) is 29.4 Å². The van der Waals surface area contributed by atoms with Crippen LogP contribution in [0.25, 0.3) is 0 Å². The van der Waals surface area contributed by atoms with Gasteiger partial charge in [0, 0.05) is 11.4 Å². The number of amidine groups is 1. The van der Waals surface area contributed by atoms with E-state index in [1.807, 2.05) is 6.07 Å². The van der Waals surface area contributed by atoms with Crippen molar-refractivity contribution in [2.45, 2.75) is 32.2 Å². The highest BCUT2D eigenvalue weighted by Crippen LogP contribution is 2.34. The summed E-state index contributed by atoms with van der Waals surface area (Å²) in [6, 6.07) is 5.02. The summed E-state index contributed by atoms with van der Waals surface area (Å²) in [5.41, 5.74) is 0.797. The molecule has 0 radical (unpaired) electrons. The van der Waals surface area contributed by atoms with Gasteiger partial charge in [-0.05, 0) is 47.0 Å². The molecule has 0 aromatic heterocycles. The predicted molar refractivity (Wildman–Crippen MR) is 80.9 cm³/mol. The molecule has 0 saturated carbocycles. The Labute approximate surface area is 120 Å². The Morgan fingerprint density at radius 1 is 1.44 bits per heavy atom. The largest absolute Gasteiger partial charge is 0.335 e. The molecular formula is C13H16BrFN2S. The molecule has 98 valence electrons. The van der Waals surface area contributed by atoms with Crippen LogP contribution in [0.15, 0.2) is 27.7 Å². The smallest absolute Gasteiger partial charge is 0.161 e. The predicted octanol–water partition coefficient (Wildman–Crippen LogP) is 4.66. The molecule has 1 N–H and O–H groups in total. The fourth-order valence-electron chi connectivity index (χ4n) is 1.86. The quantitative estimate of drug-likeness (QED) is 0.871. The topological polar surface area (TPSA) is 24.4 Å². The van der Waals surface area contributed by atoms with Gasteiger partial charge in [0.2, 0.25) is 0 Å². The third kappa shape index (κ3) is 2.88. The van der Waals surface area contributed by atoms with Crippen LogP contribution in [0.2, 0.25) is 0 Å². The van der Waals surface area contributed by atoms with Gasteiger partial charge in [0.15, 0.2) is 5.17 Å². The number of halogens is 2. The van der Waals surface area contributed by atoms with Crippen LogP contribution in [0.3, 0.4) is 0 Å². The fraction of sp³-hybridized carbons (Fsp3) is 0.462. The Bertz CT molecular complexity index is 472. The Kier molecular flexibility index (Phi) is 4.33. The van der Waals surface area contributed by atoms with Crippen LogP contribution < -0.4 is 5.32 Å². The number of hydrogen-bond donors (Lipinski definition) is 1. The number of benzene rings is 1. The standard InChI is InChI=1S/C13H16BrFN2S/c1-3-13(4-2)8-18-12(17-13)16-9-5-6-10(14)11(15)7-9/h5-7H,3-4,8H2,1-2H3,(H,16,17). The lowest BCUT2D eigenvalue weighted by Gasteiger charge is -2.20. The second-order valence-electron chi connectivity index (χ2n) is 4.39. The molecule has 2 rings (SSSR count). The lowest BCUT2D eigenvalue weighted by atomic mass is 9.97. The van der Waals surface area contributed by atoms with Gasteiger partial charge < -0.3 is 5.32 Å². The summed E-state index contributed by atoms with van der Waals surface area (Å²) in [5.74, 6) is 0.738. The summed E-state index contributed by atoms with van der Waals surface area (Å²) in [4.78, 5) is 4.74. The Morgan fingerprint density at radius 3 is 2.72 bits per heavy atom. The highest BCUT2D eigenvalue weighted by atomic mass is 79.9. The van der Waals surface area contributed by atoms with Gasteiger partial charge in [-0.1, -0.05) is 25.6 Å². The van der Waals surface area contributed by atoms with Crippen molar-refractivity contribution in [1.82, 2.24) is 0 Å². The average Bonchev–Trinajstić information content (AvgIpc) is 2.78. The van der Waals surface area contributed by atoms with E-state index in [9.17, 15) is 4.39 Å². The molecule has 0 fully saturated rings. The van der Waals surface area contributed by atoms with Crippen LogP contribution in [0.5, 0.6) is 0 Å². The normalized spacial score (nSPS) is 17.7. The van der Waals surface area contributed by atoms with Crippen molar-refractivity contribution in [3.63, 3.8) is 0 Å². The minimum absolute atomic E-state index is 0.0565. The highest BCUT2D eigenvalue weighted by Gasteiger charge is 2.32. The van der Waals surface area contributed by atoms with Crippen molar-refractivity contribution in [3.8, 4) is 0 Å². The zero-order valence-corrected chi connectivity index (χ0v) is 12.9. The van der Waals surface area contributed by atoms with Crippen molar-refractivity contribution >= 4 is 38.5 Å². The van der Waals surface area contributed by atoms with Gasteiger partial charge in [0.25, 0.3) is 0 Å². The first-order valence-electron chi connectivity index (χ1n) is 6.03. The number of aliphatic imine (C=N–C) groups is 1. The van der Waals surface area contributed by atoms with Gasteiger partial charge >= 0.3 is 0 Å². The summed E-state index contributed by atoms with van der Waals surface area (Å²) in [5, 5.41) is 4.07. The molecule has 1 aromatic rings. The first-order valence-corrected chi connectivity index (χ1v) is 7.81. The molecule has 1 aliphatic heterocycles. The number of anilines is 1. The zero-order chi connectivity index (χ0) is 13.2. The molecule has 18 heavy (non-hydrogen) atoms. The van der Waals surface area contributed by atoms with Gasteiger partial charge in [0.1, 0.15) is 5.82 Å². The van der Waals surface area contributed by atoms with Crippen molar-refractivity contribution in [2.75, 3.05) is 11.1 Å². The van der Waals surface area contributed by atoms with E-state index >= 15 is 0 Å². The van der Waals surface area contributed by atoms with Gasteiger partial charge in [-0.2, -0.15) is 0 Å². The lowest BCUT2D eigenvalue weighted by Crippen LogP contribution is -2.24. The molecule has 0 atom stereocenters. The maximum absolute atomic E-state index is 13.4. The van der Waals surface area contributed by atoms with Gasteiger partial charge in [-0.15, -0.1) is 0 Å². The van der Waals surface area contributed by atoms with Crippen LogP contribution in [0.1, 0.15) is 26.7 Å². The summed E-state index contributed by atoms with van der Waals surface area (Å²) in [6.07, 6.45) is 2.08. The lowest BCUT2D eigenvalue weighted by molar-refractivity contribution is 0.456. The summed E-state index contributed by atoms with van der Waals surface area (Å²) in [7, 11) is 0. The number of thioether (sulfide) groups is 1. The number of nitrogens with one attached hydrogen (secondary N) is 1. The molecule has 0 aliphatic carbocycles. The van der Waals surface area contributed by atoms with E-state index in [4.69, 9.17) is 4.99 Å². The SMILES string of the molecule is CCC1(CC)CSC(Nc2ccc(Br)c(F)c2)=N1. The molecular weight excluding hydrogens is 315 g/mol. The van der Waals surface area contributed by atoms with E-state index in [1.165, 1.54) is 6.07 Å². The van der Waals surface area contributed by atoms with Crippen molar-refractivity contribution in [2.24, 2.45) is 4.99 Å². The van der Waals surface area contributed by atoms with E-state index in [-0.39, 0.29) is 11.4 Å². The maximum atomic E-state index is 13.4. The van der Waals surface area contributed by atoms with Crippen LogP contribution in [0.4, 0.5) is 10.1 Å². The van der Waals surface area contributed by atoms with Crippen LogP contribution in [-0.2, 0) is 0 Å². The fourth-order valence-corrected chi connectivity index (χ4v) is 3.43. The van der Waals surface area contributed by atoms with Gasteiger partial charge in [-0.25, -0.2) is 4.39 Å². The van der Waals surface area contributed by atoms with E-state index < -0.39 is 0 Å². The molecule has 1 aromatic carbocycles. The molecule has 0 saturated heterocycles. The maximum Gasteiger partial charge on any atom is 0.161 e. The first kappa shape index (κ1) is 13.9. The Hall–Kier alpha value is -0.550. The van der Waals surface area contributed by atoms with Crippen molar-refractivity contribution < 1.29 is 4.39 Å². The van der Waals surface area contributed by atoms with Crippen molar-refractivity contribution in [3.05, 3.63) is 28.5 Å². The van der Waals surface area contributed by atoms with Crippen LogP contribution in [0, 0.1) is 5.82 Å². The molecule has 0 spiro atoms. The molecule has 0 unspecified atom stereocenters. The molecule has 1 heterocycles. The minimum Gasteiger partial charge on any atom is -0.335 e. The van der Waals surface area contributed by atoms with Crippen LogP contribution in [-0.4, -0.2) is 16.5 Å². The molecule has 2 nitrogen and oxygen atoms in total. The molecule has 1 aliphatic rings. The number of hydrogen-bond acceptors (Lipinski definition) is 3. The Morgan fingerprint density at radius 2 is 2.17 bits per heavy atom. The third-order valence-corrected chi connectivity index (χ3v) is 5.09. The average molecular weight is 331 g/mol. The molecule has 5 heteroatoms. The monoisotopic (exact) mass is 330 g/mol. The summed E-state index contributed by atoms with van der Waals surface area (Å²) < 4.78 is 13.9. The number of rotatable bonds is 3. The molecule has 0 amide bonds. The minimum atomic E-state index is -0.263. The van der Waals surface area contributed by atoms with E-state index in [2.05, 4.69) is 35.1 Å². The highest BCUT2D eigenvalue weighted by molar-refractivity contribution is 9.10. The van der Waals surface area contributed by atoms with E-state index in [1.54, 1.807) is 17.8 Å². The first-order chi connectivity index (χ1) is 8.58. The summed E-state index contributed by atoms with van der Waals surface area (Å²) in [6.45, 7) is 4.32. The molecule has 0 bridgehead atoms. The van der Waals surface area contributed by atoms with Gasteiger partial charge in [0.05, 0.1) is 10.0 Å². The third-order valence-electron chi connectivity index (χ3n) is 3.30. The zero-order valence-electron chi connectivity index (χ0n) is 10.5.